The van der Waals surface area contributed by atoms with E-state index in [-0.39, 0.29) is 17.9 Å². The minimum atomic E-state index is -1.26. The molecule has 1 aliphatic rings. The highest BCUT2D eigenvalue weighted by atomic mass is 32.1. The van der Waals surface area contributed by atoms with E-state index in [1.807, 2.05) is 17.5 Å². The van der Waals surface area contributed by atoms with Crippen molar-refractivity contribution < 1.29 is 23.8 Å². The average Bonchev–Trinajstić information content (AvgIpc) is 3.34. The van der Waals surface area contributed by atoms with Crippen molar-refractivity contribution >= 4 is 23.2 Å². The van der Waals surface area contributed by atoms with Gasteiger partial charge in [0.25, 0.3) is 11.8 Å². The fraction of sp³-hybridized carbons (Fsp3) is 0.280. The Labute approximate surface area is 195 Å². The highest BCUT2D eigenvalue weighted by molar-refractivity contribution is 7.10. The number of piperidine rings is 1. The molecule has 0 radical (unpaired) electrons. The molecule has 6 nitrogen and oxygen atoms in total. The minimum absolute atomic E-state index is 0.201. The summed E-state index contributed by atoms with van der Waals surface area (Å²) < 4.78 is 18.5. The summed E-state index contributed by atoms with van der Waals surface area (Å²) in [5, 5.41) is 16.1. The molecule has 3 aromatic rings. The van der Waals surface area contributed by atoms with E-state index >= 15 is 0 Å². The molecule has 2 N–H and O–H groups in total. The van der Waals surface area contributed by atoms with Crippen LogP contribution in [0.3, 0.4) is 0 Å². The van der Waals surface area contributed by atoms with Crippen LogP contribution in [0, 0.1) is 5.82 Å². The zero-order valence-electron chi connectivity index (χ0n) is 18.3. The largest absolute Gasteiger partial charge is 0.497 e. The lowest BCUT2D eigenvalue weighted by Gasteiger charge is -2.48. The van der Waals surface area contributed by atoms with Crippen molar-refractivity contribution in [3.8, 4) is 5.75 Å². The first-order valence-electron chi connectivity index (χ1n) is 10.6. The Bertz CT molecular complexity index is 1110. The Balaban J connectivity index is 1.68. The van der Waals surface area contributed by atoms with Gasteiger partial charge >= 0.3 is 0 Å². The van der Waals surface area contributed by atoms with Crippen molar-refractivity contribution in [3.63, 3.8) is 0 Å². The van der Waals surface area contributed by atoms with Crippen LogP contribution in [0.1, 0.15) is 45.0 Å². The maximum Gasteiger partial charge on any atom is 0.254 e. The standard InChI is InChI=1S/C25H25FN2O4S/c1-25(31)13-14-28(24(30)17-7-11-19(32-2)12-8-17)21(20-4-3-15-33-20)22(25)27-23(29)16-5-9-18(26)10-6-16/h3-12,15,21-22,31H,13-14H2,1-2H3,(H,27,29). The highest BCUT2D eigenvalue weighted by Crippen LogP contribution is 2.39. The number of likely N-dealkylation sites (tertiary alicyclic amines) is 1. The van der Waals surface area contributed by atoms with E-state index in [1.165, 1.54) is 35.6 Å². The number of rotatable bonds is 5. The lowest BCUT2D eigenvalue weighted by molar-refractivity contribution is -0.0541. The molecule has 1 fully saturated rings. The topological polar surface area (TPSA) is 78.9 Å². The fourth-order valence-corrected chi connectivity index (χ4v) is 5.00. The Hall–Kier alpha value is -3.23. The summed E-state index contributed by atoms with van der Waals surface area (Å²) in [7, 11) is 1.56. The molecular weight excluding hydrogens is 443 g/mol. The third-order valence-electron chi connectivity index (χ3n) is 6.01. The molecule has 0 spiro atoms. The number of benzene rings is 2. The minimum Gasteiger partial charge on any atom is -0.497 e. The van der Waals surface area contributed by atoms with Gasteiger partial charge in [-0.05, 0) is 73.3 Å². The number of aliphatic hydroxyl groups is 1. The summed E-state index contributed by atoms with van der Waals surface area (Å²) in [5.41, 5.74) is -0.501. The molecule has 172 valence electrons. The lowest BCUT2D eigenvalue weighted by atomic mass is 9.81. The summed E-state index contributed by atoms with van der Waals surface area (Å²) in [4.78, 5) is 29.0. The molecular formula is C25H25FN2O4S. The summed E-state index contributed by atoms with van der Waals surface area (Å²) in [6.45, 7) is 1.99. The molecule has 2 amide bonds. The van der Waals surface area contributed by atoms with Gasteiger partial charge in [-0.2, -0.15) is 0 Å². The highest BCUT2D eigenvalue weighted by Gasteiger charge is 2.48. The lowest BCUT2D eigenvalue weighted by Crippen LogP contribution is -2.63. The Morgan fingerprint density at radius 1 is 1.12 bits per heavy atom. The van der Waals surface area contributed by atoms with Crippen LogP contribution in [-0.4, -0.2) is 47.1 Å². The van der Waals surface area contributed by atoms with E-state index in [2.05, 4.69) is 5.32 Å². The van der Waals surface area contributed by atoms with Gasteiger partial charge in [0, 0.05) is 22.5 Å². The maximum atomic E-state index is 13.5. The smallest absolute Gasteiger partial charge is 0.254 e. The number of carbonyl (C=O) groups excluding carboxylic acids is 2. The third-order valence-corrected chi connectivity index (χ3v) is 6.95. The molecule has 1 aliphatic heterocycles. The molecule has 4 rings (SSSR count). The molecule has 0 bridgehead atoms. The van der Waals surface area contributed by atoms with E-state index in [0.717, 1.165) is 4.88 Å². The van der Waals surface area contributed by atoms with E-state index in [1.54, 1.807) is 43.2 Å². The van der Waals surface area contributed by atoms with Crippen molar-refractivity contribution in [1.29, 1.82) is 0 Å². The molecule has 1 saturated heterocycles. The number of amides is 2. The number of ether oxygens (including phenoxy) is 1. The normalized spacial score (nSPS) is 22.6. The van der Waals surface area contributed by atoms with Crippen LogP contribution in [0.25, 0.3) is 0 Å². The number of hydrogen-bond acceptors (Lipinski definition) is 5. The van der Waals surface area contributed by atoms with E-state index < -0.39 is 29.4 Å². The second-order valence-electron chi connectivity index (χ2n) is 8.25. The van der Waals surface area contributed by atoms with Gasteiger partial charge in [0.05, 0.1) is 24.8 Å². The summed E-state index contributed by atoms with van der Waals surface area (Å²) in [5.74, 6) is -0.440. The zero-order chi connectivity index (χ0) is 23.6. The fourth-order valence-electron chi connectivity index (χ4n) is 4.13. The van der Waals surface area contributed by atoms with Gasteiger partial charge in [-0.25, -0.2) is 4.39 Å². The second-order valence-corrected chi connectivity index (χ2v) is 9.23. The predicted octanol–water partition coefficient (Wildman–Crippen LogP) is 4.03. The van der Waals surface area contributed by atoms with Crippen molar-refractivity contribution in [3.05, 3.63) is 87.9 Å². The Morgan fingerprint density at radius 2 is 1.79 bits per heavy atom. The first kappa shape index (κ1) is 22.9. The third kappa shape index (κ3) is 4.77. The molecule has 2 heterocycles. The van der Waals surface area contributed by atoms with E-state index in [9.17, 15) is 19.1 Å². The second kappa shape index (κ2) is 9.33. The Morgan fingerprint density at radius 3 is 2.39 bits per heavy atom. The SMILES string of the molecule is COc1ccc(C(=O)N2CCC(C)(O)C(NC(=O)c3ccc(F)cc3)C2c2cccs2)cc1. The van der Waals surface area contributed by atoms with E-state index in [0.29, 0.717) is 17.9 Å². The van der Waals surface area contributed by atoms with Gasteiger partial charge in [0.2, 0.25) is 0 Å². The van der Waals surface area contributed by atoms with Crippen LogP contribution in [0.2, 0.25) is 0 Å². The van der Waals surface area contributed by atoms with Crippen LogP contribution < -0.4 is 10.1 Å². The molecule has 33 heavy (non-hydrogen) atoms. The van der Waals surface area contributed by atoms with Crippen LogP contribution in [0.4, 0.5) is 4.39 Å². The van der Waals surface area contributed by atoms with Crippen molar-refractivity contribution in [2.24, 2.45) is 0 Å². The van der Waals surface area contributed by atoms with Crippen LogP contribution >= 0.6 is 11.3 Å². The number of halogens is 1. The molecule has 8 heteroatoms. The van der Waals surface area contributed by atoms with Gasteiger partial charge in [-0.1, -0.05) is 6.07 Å². The molecule has 1 aromatic heterocycles. The zero-order valence-corrected chi connectivity index (χ0v) is 19.1. The molecule has 2 aromatic carbocycles. The van der Waals surface area contributed by atoms with Gasteiger partial charge in [0.15, 0.2) is 0 Å². The predicted molar refractivity (Wildman–Crippen MR) is 124 cm³/mol. The van der Waals surface area contributed by atoms with Gasteiger partial charge in [0.1, 0.15) is 11.6 Å². The Kier molecular flexibility index (Phi) is 6.49. The summed E-state index contributed by atoms with van der Waals surface area (Å²) >= 11 is 1.46. The van der Waals surface area contributed by atoms with Gasteiger partial charge in [-0.3, -0.25) is 9.59 Å². The number of nitrogens with zero attached hydrogens (tertiary/aromatic N) is 1. The average molecular weight is 469 g/mol. The molecule has 3 unspecified atom stereocenters. The van der Waals surface area contributed by atoms with Gasteiger partial charge in [-0.15, -0.1) is 11.3 Å². The number of thiophene rings is 1. The number of nitrogens with one attached hydrogen (secondary N) is 1. The molecule has 0 saturated carbocycles. The van der Waals surface area contributed by atoms with Crippen LogP contribution in [0.15, 0.2) is 66.0 Å². The first-order chi connectivity index (χ1) is 15.8. The number of carbonyl (C=O) groups is 2. The van der Waals surface area contributed by atoms with Crippen molar-refractivity contribution in [2.75, 3.05) is 13.7 Å². The van der Waals surface area contributed by atoms with Crippen LogP contribution in [-0.2, 0) is 0 Å². The molecule has 3 atom stereocenters. The van der Waals surface area contributed by atoms with Crippen LogP contribution in [0.5, 0.6) is 5.75 Å². The monoisotopic (exact) mass is 468 g/mol. The number of hydrogen-bond donors (Lipinski definition) is 2. The van der Waals surface area contributed by atoms with Gasteiger partial charge < -0.3 is 20.1 Å². The van der Waals surface area contributed by atoms with Crippen molar-refractivity contribution in [1.82, 2.24) is 10.2 Å². The quantitative estimate of drug-likeness (QED) is 0.593. The number of methoxy groups -OCH3 is 1. The van der Waals surface area contributed by atoms with Crippen molar-refractivity contribution in [2.45, 2.75) is 31.0 Å². The summed E-state index contributed by atoms with van der Waals surface area (Å²) in [6.07, 6.45) is 0.283. The summed E-state index contributed by atoms with van der Waals surface area (Å²) in [6, 6.07) is 14.5. The maximum absolute atomic E-state index is 13.5. The first-order valence-corrected chi connectivity index (χ1v) is 11.5. The molecule has 0 aliphatic carbocycles. The van der Waals surface area contributed by atoms with E-state index in [4.69, 9.17) is 4.74 Å².